The van der Waals surface area contributed by atoms with Crippen molar-refractivity contribution in [3.63, 3.8) is 0 Å². The highest BCUT2D eigenvalue weighted by Crippen LogP contribution is 2.32. The maximum Gasteiger partial charge on any atom is 0.229 e. The fraction of sp³-hybridized carbons (Fsp3) is 0.596. The lowest BCUT2D eigenvalue weighted by molar-refractivity contribution is -0.358. The van der Waals surface area contributed by atoms with Crippen LogP contribution in [0, 0.1) is 11.8 Å². The van der Waals surface area contributed by atoms with Gasteiger partial charge in [-0.05, 0) is 41.5 Å². The number of para-hydroxylation sites is 1. The van der Waals surface area contributed by atoms with E-state index in [-0.39, 0.29) is 82.0 Å². The molecule has 0 saturated carbocycles. The molecule has 0 aliphatic carbocycles. The standard InChI is InChI=1S/C57H76N2O24/c60-31-41-46(65)49(68)51(70)55(80-41)78-33-43-48(67)54(83-56-52(71)50(69)47(66)42(32-61)81-56)53(72)57(82-43)79-39-13-9-34(10-14-39)29-38(62)16-19-73-21-23-75-25-27-77-28-26-76-24-22-74-20-17-44(63)58-18-15-45(64)59-30-37-7-2-1-5-35(37)11-12-36-6-3-4-8-40(36)59/h1-10,13-14,41-43,46-57,60-61,65-72H,15-33H2,(H,58,63)/t41?,42?,43?,46-,47-,48-,49+,50+,51?,52?,53?,54+,55+,56-,57+/m1/s1. The average molecular weight is 1170 g/mol. The largest absolute Gasteiger partial charge is 0.462 e. The van der Waals surface area contributed by atoms with Gasteiger partial charge in [0.1, 0.15) is 84.8 Å². The van der Waals surface area contributed by atoms with Crippen LogP contribution in [-0.4, -0.2) is 253 Å². The summed E-state index contributed by atoms with van der Waals surface area (Å²) >= 11 is 0. The van der Waals surface area contributed by atoms with Crippen LogP contribution in [0.25, 0.3) is 0 Å². The normalized spacial score (nSPS) is 28.7. The minimum atomic E-state index is -1.91. The van der Waals surface area contributed by atoms with Crippen molar-refractivity contribution in [2.75, 3.05) is 97.3 Å². The van der Waals surface area contributed by atoms with Crippen LogP contribution in [0.5, 0.6) is 5.75 Å². The molecule has 3 saturated heterocycles. The van der Waals surface area contributed by atoms with E-state index in [9.17, 15) is 65.4 Å². The number of aliphatic hydroxyl groups excluding tert-OH is 10. The Morgan fingerprint density at radius 1 is 0.542 bits per heavy atom. The number of fused-ring (bicyclic) bond motifs is 2. The van der Waals surface area contributed by atoms with Crippen LogP contribution in [0.1, 0.15) is 41.5 Å². The van der Waals surface area contributed by atoms with Crippen molar-refractivity contribution in [1.82, 2.24) is 5.32 Å². The number of amides is 2. The molecule has 7 rings (SSSR count). The monoisotopic (exact) mass is 1170 g/mol. The van der Waals surface area contributed by atoms with Crippen LogP contribution >= 0.6 is 0 Å². The Hall–Kier alpha value is -5.17. The second-order valence-corrected chi connectivity index (χ2v) is 19.9. The second-order valence-electron chi connectivity index (χ2n) is 19.9. The summed E-state index contributed by atoms with van der Waals surface area (Å²) in [5, 5.41) is 107. The van der Waals surface area contributed by atoms with Gasteiger partial charge in [0.2, 0.25) is 18.1 Å². The molecule has 0 aromatic heterocycles. The van der Waals surface area contributed by atoms with Crippen molar-refractivity contribution in [2.24, 2.45) is 0 Å². The topological polar surface area (TPSA) is 370 Å². The van der Waals surface area contributed by atoms with E-state index < -0.39 is 112 Å². The minimum Gasteiger partial charge on any atom is -0.462 e. The highest BCUT2D eigenvalue weighted by Gasteiger charge is 2.52. The average Bonchev–Trinajstić information content (AvgIpc) is 3.48. The Balaban J connectivity index is 0.712. The Morgan fingerprint density at radius 2 is 1.07 bits per heavy atom. The third-order valence-corrected chi connectivity index (χ3v) is 14.0. The molecular formula is C57H76N2O24. The van der Waals surface area contributed by atoms with E-state index >= 15 is 0 Å². The number of ether oxygens (including phenoxy) is 11. The number of Topliss-reactive ketones (excluding diaryl/α,β-unsaturated/α-hetero) is 1. The summed E-state index contributed by atoms with van der Waals surface area (Å²) in [4.78, 5) is 40.3. The Labute approximate surface area is 479 Å². The van der Waals surface area contributed by atoms with Gasteiger partial charge in [-0.1, -0.05) is 54.3 Å². The van der Waals surface area contributed by atoms with Gasteiger partial charge < -0.3 is 113 Å². The smallest absolute Gasteiger partial charge is 0.229 e. The molecular weight excluding hydrogens is 1100 g/mol. The lowest BCUT2D eigenvalue weighted by Gasteiger charge is -2.46. The summed E-state index contributed by atoms with van der Waals surface area (Å²) in [7, 11) is 0. The van der Waals surface area contributed by atoms with E-state index in [4.69, 9.17) is 52.1 Å². The molecule has 0 spiro atoms. The third-order valence-electron chi connectivity index (χ3n) is 14.0. The van der Waals surface area contributed by atoms with Gasteiger partial charge in [-0.15, -0.1) is 0 Å². The number of carbonyl (C=O) groups excluding carboxylic acids is 3. The van der Waals surface area contributed by atoms with E-state index in [0.717, 1.165) is 22.4 Å². The molecule has 83 heavy (non-hydrogen) atoms. The lowest BCUT2D eigenvalue weighted by atomic mass is 9.96. The van der Waals surface area contributed by atoms with Crippen molar-refractivity contribution < 1.29 is 118 Å². The van der Waals surface area contributed by atoms with Gasteiger partial charge in [0.05, 0.1) is 98.1 Å². The highest BCUT2D eigenvalue weighted by atomic mass is 16.8. The van der Waals surface area contributed by atoms with Crippen LogP contribution in [0.3, 0.4) is 0 Å². The van der Waals surface area contributed by atoms with E-state index in [0.29, 0.717) is 51.7 Å². The first-order chi connectivity index (χ1) is 40.2. The molecule has 4 aliphatic heterocycles. The van der Waals surface area contributed by atoms with Crippen LogP contribution in [-0.2, 0) is 74.7 Å². The molecule has 4 heterocycles. The van der Waals surface area contributed by atoms with Gasteiger partial charge in [0.25, 0.3) is 0 Å². The second kappa shape index (κ2) is 33.5. The van der Waals surface area contributed by atoms with Crippen LogP contribution in [0.2, 0.25) is 0 Å². The highest BCUT2D eigenvalue weighted by molar-refractivity contribution is 5.95. The number of nitrogens with zero attached hydrogens (tertiary/aromatic N) is 1. The maximum absolute atomic E-state index is 13.4. The Kier molecular flexibility index (Phi) is 26.4. The van der Waals surface area contributed by atoms with Crippen molar-refractivity contribution in [3.05, 3.63) is 95.1 Å². The van der Waals surface area contributed by atoms with E-state index in [1.165, 1.54) is 12.1 Å². The van der Waals surface area contributed by atoms with Gasteiger partial charge in [0, 0.05) is 43.4 Å². The third kappa shape index (κ3) is 18.9. The number of nitrogens with one attached hydrogen (secondary N) is 1. The van der Waals surface area contributed by atoms with Gasteiger partial charge in [-0.3, -0.25) is 14.4 Å². The van der Waals surface area contributed by atoms with Gasteiger partial charge in [0.15, 0.2) is 12.6 Å². The Morgan fingerprint density at radius 3 is 1.70 bits per heavy atom. The summed E-state index contributed by atoms with van der Waals surface area (Å²) in [6.07, 6.45) is -25.0. The molecule has 3 aromatic carbocycles. The summed E-state index contributed by atoms with van der Waals surface area (Å²) in [6.45, 7) is 1.26. The van der Waals surface area contributed by atoms with Gasteiger partial charge in [-0.2, -0.15) is 0 Å². The number of aliphatic hydroxyl groups is 10. The van der Waals surface area contributed by atoms with Gasteiger partial charge >= 0.3 is 0 Å². The number of ketones is 1. The molecule has 458 valence electrons. The van der Waals surface area contributed by atoms with Crippen LogP contribution in [0.4, 0.5) is 5.69 Å². The predicted octanol–water partition coefficient (Wildman–Crippen LogP) is -3.06. The quantitative estimate of drug-likeness (QED) is 0.0218. The SMILES string of the molecule is O=C(CCOCCOCCOCCOCCOCCC(=O)NCCC(=O)N1Cc2ccccc2C#Cc2ccccc21)Cc1ccc(O[C@H]2OC(CO[C@H]3OC(CO)[C@@H](O)[C@H](O)C3O)[C@@H](O)[C@H](O[C@H]3OC(CO)[C@@H](O)[C@H](O)C3O)C2O)cc1. The number of carbonyl (C=O) groups is 3. The van der Waals surface area contributed by atoms with Crippen molar-refractivity contribution in [3.8, 4) is 17.6 Å². The number of rotatable bonds is 32. The molecule has 3 fully saturated rings. The van der Waals surface area contributed by atoms with E-state index in [2.05, 4.69) is 17.2 Å². The lowest BCUT2D eigenvalue weighted by Crippen LogP contribution is -2.65. The fourth-order valence-electron chi connectivity index (χ4n) is 9.24. The number of hydrogen-bond donors (Lipinski definition) is 11. The molecule has 0 bridgehead atoms. The summed E-state index contributed by atoms with van der Waals surface area (Å²) < 4.78 is 61.6. The van der Waals surface area contributed by atoms with E-state index in [1.54, 1.807) is 17.0 Å². The molecule has 26 nitrogen and oxygen atoms in total. The maximum atomic E-state index is 13.4. The van der Waals surface area contributed by atoms with Crippen molar-refractivity contribution >= 4 is 23.3 Å². The Bertz CT molecular complexity index is 2530. The number of anilines is 1. The first-order valence-electron chi connectivity index (χ1n) is 27.5. The predicted molar refractivity (Wildman–Crippen MR) is 286 cm³/mol. The first kappa shape index (κ1) is 65.4. The molecule has 6 unspecified atom stereocenters. The number of hydrogen-bond acceptors (Lipinski definition) is 24. The van der Waals surface area contributed by atoms with Crippen molar-refractivity contribution in [2.45, 2.75) is 124 Å². The summed E-state index contributed by atoms with van der Waals surface area (Å²) in [5.74, 6) is 6.06. The molecule has 26 heteroatoms. The zero-order valence-electron chi connectivity index (χ0n) is 45.7. The zero-order chi connectivity index (χ0) is 59.3. The summed E-state index contributed by atoms with van der Waals surface area (Å²) in [5.41, 5.74) is 3.96. The molecule has 3 aromatic rings. The molecule has 0 radical (unpaired) electrons. The molecule has 2 amide bonds. The van der Waals surface area contributed by atoms with Crippen LogP contribution in [0.15, 0.2) is 72.8 Å². The first-order valence-corrected chi connectivity index (χ1v) is 27.5. The van der Waals surface area contributed by atoms with Crippen LogP contribution < -0.4 is 15.0 Å². The number of benzene rings is 3. The fourth-order valence-corrected chi connectivity index (χ4v) is 9.24. The molecule has 15 atom stereocenters. The summed E-state index contributed by atoms with van der Waals surface area (Å²) in [6, 6.07) is 21.5. The minimum absolute atomic E-state index is 0.0592. The van der Waals surface area contributed by atoms with Crippen molar-refractivity contribution in [1.29, 1.82) is 0 Å². The molecule has 4 aliphatic rings. The molecule has 11 N–H and O–H groups in total. The zero-order valence-corrected chi connectivity index (χ0v) is 45.7. The van der Waals surface area contributed by atoms with E-state index in [1.807, 2.05) is 48.5 Å². The van der Waals surface area contributed by atoms with Gasteiger partial charge in [-0.25, -0.2) is 0 Å².